The van der Waals surface area contributed by atoms with E-state index < -0.39 is 5.97 Å². The molecule has 0 rings (SSSR count). The molecule has 0 radical (unpaired) electrons. The zero-order valence-electron chi connectivity index (χ0n) is 32.9. The first-order valence-corrected chi connectivity index (χ1v) is 19.9. The number of hydrogen-bond acceptors (Lipinski definition) is 6. The Kier molecular flexibility index (Phi) is 58.9. The number of carboxylic acid groups (broad SMARTS) is 1. The van der Waals surface area contributed by atoms with E-state index >= 15 is 0 Å². The zero-order chi connectivity index (χ0) is 36.5. The molecule has 0 bridgehead atoms. The maximum absolute atomic E-state index is 11.4. The maximum Gasteiger partial charge on any atom is 1.00 e. The summed E-state index contributed by atoms with van der Waals surface area (Å²) >= 11 is 0. The zero-order valence-corrected chi connectivity index (χ0v) is 34.9. The average Bonchev–Trinajstić information content (AvgIpc) is 3.09. The first-order valence-electron chi connectivity index (χ1n) is 19.9. The van der Waals surface area contributed by atoms with Crippen molar-refractivity contribution in [1.82, 2.24) is 10.7 Å². The van der Waals surface area contributed by atoms with E-state index in [1.54, 1.807) is 0 Å². The molecule has 10 heteroatoms. The van der Waals surface area contributed by atoms with Gasteiger partial charge in [0.1, 0.15) is 4.87 Å². The molecule has 9 nitrogen and oxygen atoms in total. The van der Waals surface area contributed by atoms with Crippen LogP contribution in [0.3, 0.4) is 0 Å². The van der Waals surface area contributed by atoms with Gasteiger partial charge in [-0.2, -0.15) is 5.43 Å². The second-order valence-corrected chi connectivity index (χ2v) is 13.0. The number of hydrogen-bond donors (Lipinski definition) is 2. The van der Waals surface area contributed by atoms with Gasteiger partial charge in [0.15, 0.2) is 0 Å². The van der Waals surface area contributed by atoms with Crippen LogP contribution in [0.1, 0.15) is 202 Å². The molecule has 0 spiro atoms. The van der Waals surface area contributed by atoms with Gasteiger partial charge in [0.2, 0.25) is 12.5 Å². The Morgan fingerprint density at radius 3 is 1.40 bits per heavy atom. The van der Waals surface area contributed by atoms with Crippen LogP contribution in [0, 0.1) is 4.91 Å². The van der Waals surface area contributed by atoms with Crippen molar-refractivity contribution in [2.24, 2.45) is 0 Å². The van der Waals surface area contributed by atoms with Crippen LogP contribution in [-0.4, -0.2) is 49.5 Å². The summed E-state index contributed by atoms with van der Waals surface area (Å²) in [7, 11) is 1.45. The van der Waals surface area contributed by atoms with Crippen LogP contribution >= 0.6 is 0 Å². The number of carbonyl (C=O) groups excluding carboxylic acids is 3. The molecular formula is C42H83N3NaO6+. The summed E-state index contributed by atoms with van der Waals surface area (Å²) in [4.78, 5) is 44.9. The summed E-state index contributed by atoms with van der Waals surface area (Å²) in [6.07, 6.45) is 37.2. The van der Waals surface area contributed by atoms with Crippen molar-refractivity contribution in [2.45, 2.75) is 202 Å². The molecule has 0 aliphatic heterocycles. The molecule has 0 aliphatic carbocycles. The van der Waals surface area contributed by atoms with Crippen LogP contribution in [0.4, 0.5) is 0 Å². The summed E-state index contributed by atoms with van der Waals surface area (Å²) in [6, 6.07) is 0. The monoisotopic (exact) mass is 749 g/mol. The minimum absolute atomic E-state index is 0. The molecule has 0 saturated heterocycles. The van der Waals surface area contributed by atoms with Gasteiger partial charge in [0.05, 0.1) is 18.6 Å². The number of esters is 1. The third kappa shape index (κ3) is 55.1. The Balaban J connectivity index is -0.000000268. The Morgan fingerprint density at radius 1 is 0.577 bits per heavy atom. The predicted octanol–water partition coefficient (Wildman–Crippen LogP) is 7.26. The van der Waals surface area contributed by atoms with Crippen molar-refractivity contribution in [1.29, 1.82) is 0 Å². The number of hydrazine groups is 1. The molecular weight excluding hydrogens is 665 g/mol. The van der Waals surface area contributed by atoms with Crippen LogP contribution in [0.2, 0.25) is 0 Å². The van der Waals surface area contributed by atoms with Gasteiger partial charge >= 0.3 is 35.5 Å². The topological polar surface area (TPSA) is 128 Å². The van der Waals surface area contributed by atoms with Crippen LogP contribution in [0.25, 0.3) is 0 Å². The van der Waals surface area contributed by atoms with E-state index in [4.69, 9.17) is 0 Å². The molecule has 0 aromatic heterocycles. The summed E-state index contributed by atoms with van der Waals surface area (Å²) in [5.41, 5.74) is 2.83. The summed E-state index contributed by atoms with van der Waals surface area (Å²) < 4.78 is 4.62. The van der Waals surface area contributed by atoms with E-state index in [2.05, 4.69) is 53.6 Å². The minimum Gasteiger partial charge on any atom is -0.550 e. The van der Waals surface area contributed by atoms with E-state index in [1.165, 1.54) is 64.9 Å². The normalized spacial score (nSPS) is 10.4. The van der Waals surface area contributed by atoms with Gasteiger partial charge < -0.3 is 20.0 Å². The number of carbonyl (C=O) groups is 3. The Bertz CT molecular complexity index is 839. The number of rotatable bonds is 35. The summed E-state index contributed by atoms with van der Waals surface area (Å²) in [5.74, 6) is -0.840. The number of methoxy groups -OCH3 is 1. The number of ether oxygens (including phenoxy) is 1. The van der Waals surface area contributed by atoms with E-state index in [9.17, 15) is 24.4 Å². The molecule has 0 aromatic carbocycles. The maximum atomic E-state index is 11.4. The van der Waals surface area contributed by atoms with E-state index in [0.717, 1.165) is 114 Å². The van der Waals surface area contributed by atoms with Gasteiger partial charge in [-0.05, 0) is 89.9 Å². The molecule has 0 unspecified atom stereocenters. The number of allylic oxidation sites excluding steroid dienone is 4. The van der Waals surface area contributed by atoms with Gasteiger partial charge in [0, 0.05) is 31.8 Å². The average molecular weight is 749 g/mol. The number of amides is 1. The number of aliphatic carboxylic acids is 1. The Labute approximate surface area is 343 Å². The Morgan fingerprint density at radius 2 is 0.962 bits per heavy atom. The van der Waals surface area contributed by atoms with Gasteiger partial charge in [-0.3, -0.25) is 9.59 Å². The van der Waals surface area contributed by atoms with Crippen molar-refractivity contribution < 1.29 is 58.7 Å². The van der Waals surface area contributed by atoms with Crippen LogP contribution < -0.4 is 45.4 Å². The number of carboxylic acids is 1. The molecule has 0 aliphatic rings. The first-order chi connectivity index (χ1) is 23.9. The van der Waals surface area contributed by atoms with Gasteiger partial charge in [-0.1, -0.05) is 117 Å². The smallest absolute Gasteiger partial charge is 0.550 e. The largest absolute Gasteiger partial charge is 1.00 e. The SMILES string of the molecule is C.C.CCCNC(=O)CCCC/C=C\CCCCCCCCCC(=O)[O-].CCCN[N+](=O)CCCC/C=C\CCCCCCCCCC(=O)OC.[Na+]. The first kappa shape index (κ1) is 59.6. The third-order valence-electron chi connectivity index (χ3n) is 8.18. The standard InChI is InChI=1S/C20H39N2O3.C20H37NO3.2CH4.Na/c1-3-18-21-22(24)19-16-14-12-10-8-6-4-5-7-9-11-13-15-17-20(23)25-2;1-2-18-21-19(22)16-14-12-10-8-6-4-3-5-7-9-11-13-15-17-20(23)24;;;/h8,10H,3-7,9,11-19H2,1-2H3,(H,21,24);6,8H,2-5,7,9-18H2,1H3,(H,21,22)(H,23,24);2*1H4;/q+1;;;;+1/p-1/b10-8-;8-6-;;;. The Hall–Kier alpha value is -1.71. The number of nitrogens with one attached hydrogen (secondary N) is 2. The van der Waals surface area contributed by atoms with Crippen molar-refractivity contribution in [2.75, 3.05) is 26.7 Å². The van der Waals surface area contributed by atoms with Gasteiger partial charge in [0.25, 0.3) is 0 Å². The molecule has 0 heterocycles. The molecule has 0 fully saturated rings. The summed E-state index contributed by atoms with van der Waals surface area (Å²) in [6.45, 7) is 6.24. The van der Waals surface area contributed by atoms with E-state index in [0.29, 0.717) is 19.4 Å². The second kappa shape index (κ2) is 51.4. The number of unbranched alkanes of at least 4 members (excludes halogenated alkanes) is 18. The predicted molar refractivity (Wildman–Crippen MR) is 214 cm³/mol. The molecule has 302 valence electrons. The fourth-order valence-corrected chi connectivity index (χ4v) is 5.14. The van der Waals surface area contributed by atoms with E-state index in [-0.39, 0.29) is 62.7 Å². The molecule has 0 aromatic rings. The quantitative estimate of drug-likeness (QED) is 0.0175. The molecule has 0 atom stereocenters. The van der Waals surface area contributed by atoms with E-state index in [1.807, 2.05) is 0 Å². The van der Waals surface area contributed by atoms with Crippen LogP contribution in [0.5, 0.6) is 0 Å². The van der Waals surface area contributed by atoms with Crippen LogP contribution in [0.15, 0.2) is 24.3 Å². The van der Waals surface area contributed by atoms with Crippen molar-refractivity contribution in [3.63, 3.8) is 0 Å². The molecule has 2 N–H and O–H groups in total. The van der Waals surface area contributed by atoms with Crippen LogP contribution in [-0.2, 0) is 19.1 Å². The number of nitroso groups, excluding NO2 is 1. The fourth-order valence-electron chi connectivity index (χ4n) is 5.14. The van der Waals surface area contributed by atoms with Crippen molar-refractivity contribution in [3.8, 4) is 0 Å². The van der Waals surface area contributed by atoms with Gasteiger partial charge in [-0.15, -0.1) is 0 Å². The van der Waals surface area contributed by atoms with Crippen molar-refractivity contribution >= 4 is 17.8 Å². The fraction of sp³-hybridized carbons (Fsp3) is 0.833. The third-order valence-corrected chi connectivity index (χ3v) is 8.18. The molecule has 1 amide bonds. The van der Waals surface area contributed by atoms with Crippen molar-refractivity contribution in [3.05, 3.63) is 29.2 Å². The number of nitrogens with zero attached hydrogens (tertiary/aromatic N) is 1. The second-order valence-electron chi connectivity index (χ2n) is 13.0. The summed E-state index contributed by atoms with van der Waals surface area (Å²) in [5, 5.41) is 13.1. The molecule has 0 saturated carbocycles. The molecule has 52 heavy (non-hydrogen) atoms. The van der Waals surface area contributed by atoms with Gasteiger partial charge in [-0.25, -0.2) is 0 Å². The minimum atomic E-state index is -0.929.